The van der Waals surface area contributed by atoms with Gasteiger partial charge >= 0.3 is 0 Å². The van der Waals surface area contributed by atoms with Crippen molar-refractivity contribution >= 4 is 47.4 Å². The van der Waals surface area contributed by atoms with E-state index in [4.69, 9.17) is 0 Å². The Bertz CT molecular complexity index is 843. The van der Waals surface area contributed by atoms with Gasteiger partial charge in [-0.3, -0.25) is 14.6 Å². The quantitative estimate of drug-likeness (QED) is 0.259. The van der Waals surface area contributed by atoms with Gasteiger partial charge in [0.05, 0.1) is 6.54 Å². The zero-order chi connectivity index (χ0) is 20.4. The molecule has 156 valence electrons. The fourth-order valence-electron chi connectivity index (χ4n) is 2.46. The van der Waals surface area contributed by atoms with E-state index in [2.05, 4.69) is 26.3 Å². The number of guanidine groups is 1. The lowest BCUT2D eigenvalue weighted by Crippen LogP contribution is -2.42. The molecule has 2 rings (SSSR count). The van der Waals surface area contributed by atoms with Gasteiger partial charge in [0.2, 0.25) is 5.91 Å². The highest BCUT2D eigenvalue weighted by molar-refractivity contribution is 14.0. The molecule has 0 fully saturated rings. The Morgan fingerprint density at radius 2 is 1.79 bits per heavy atom. The summed E-state index contributed by atoms with van der Waals surface area (Å²) in [6.07, 6.45) is 0.688. The molecule has 0 aliphatic carbocycles. The number of nitrogens with zero attached hydrogens (tertiary/aromatic N) is 1. The number of rotatable bonds is 7. The number of carbonyl (C=O) groups is 2. The lowest BCUT2D eigenvalue weighted by molar-refractivity contribution is -0.115. The third-order valence-corrected chi connectivity index (χ3v) is 3.89. The first-order valence-corrected chi connectivity index (χ1v) is 8.82. The van der Waals surface area contributed by atoms with Gasteiger partial charge in [-0.25, -0.2) is 4.39 Å². The van der Waals surface area contributed by atoms with Gasteiger partial charge in [0.25, 0.3) is 5.91 Å². The van der Waals surface area contributed by atoms with E-state index in [1.165, 1.54) is 24.3 Å². The van der Waals surface area contributed by atoms with E-state index < -0.39 is 0 Å². The van der Waals surface area contributed by atoms with Crippen LogP contribution in [0.15, 0.2) is 53.5 Å². The molecule has 0 saturated carbocycles. The zero-order valence-electron chi connectivity index (χ0n) is 16.3. The summed E-state index contributed by atoms with van der Waals surface area (Å²) in [6.45, 7) is 0.597. The average Bonchev–Trinajstić information content (AvgIpc) is 2.71. The summed E-state index contributed by atoms with van der Waals surface area (Å²) in [6, 6.07) is 12.9. The Morgan fingerprint density at radius 3 is 2.45 bits per heavy atom. The fraction of sp³-hybridized carbons (Fsp3) is 0.250. The maximum absolute atomic E-state index is 12.9. The van der Waals surface area contributed by atoms with Gasteiger partial charge in [-0.2, -0.15) is 0 Å². The molecule has 0 radical (unpaired) electrons. The fourth-order valence-corrected chi connectivity index (χ4v) is 2.46. The Kier molecular flexibility index (Phi) is 10.7. The topological polar surface area (TPSA) is 94.6 Å². The van der Waals surface area contributed by atoms with E-state index in [-0.39, 0.29) is 48.2 Å². The summed E-state index contributed by atoms with van der Waals surface area (Å²) in [5, 5.41) is 11.3. The van der Waals surface area contributed by atoms with Crippen molar-refractivity contribution in [2.24, 2.45) is 4.99 Å². The first-order valence-electron chi connectivity index (χ1n) is 8.82. The second kappa shape index (κ2) is 12.7. The highest BCUT2D eigenvalue weighted by Crippen LogP contribution is 2.08. The molecule has 2 aromatic rings. The van der Waals surface area contributed by atoms with Crippen molar-refractivity contribution < 1.29 is 14.0 Å². The lowest BCUT2D eigenvalue weighted by atomic mass is 10.1. The molecule has 0 spiro atoms. The van der Waals surface area contributed by atoms with Crippen molar-refractivity contribution in [1.82, 2.24) is 16.0 Å². The van der Waals surface area contributed by atoms with Crippen LogP contribution in [-0.2, 0) is 11.2 Å². The van der Waals surface area contributed by atoms with Crippen LogP contribution in [0.25, 0.3) is 0 Å². The van der Waals surface area contributed by atoms with Crippen LogP contribution in [0.5, 0.6) is 0 Å². The predicted octanol–water partition coefficient (Wildman–Crippen LogP) is 2.15. The molecule has 0 unspecified atom stereocenters. The van der Waals surface area contributed by atoms with Crippen molar-refractivity contribution in [3.8, 4) is 0 Å². The average molecular weight is 513 g/mol. The van der Waals surface area contributed by atoms with Gasteiger partial charge in [0.1, 0.15) is 5.82 Å². The van der Waals surface area contributed by atoms with E-state index in [0.29, 0.717) is 30.2 Å². The summed E-state index contributed by atoms with van der Waals surface area (Å²) in [5.41, 5.74) is 2.14. The van der Waals surface area contributed by atoms with Crippen molar-refractivity contribution in [3.05, 3.63) is 65.5 Å². The van der Waals surface area contributed by atoms with Crippen LogP contribution in [0, 0.1) is 5.82 Å². The Labute approximate surface area is 186 Å². The molecular formula is C20H25FIN5O2. The van der Waals surface area contributed by atoms with E-state index in [1.807, 2.05) is 18.2 Å². The van der Waals surface area contributed by atoms with Crippen LogP contribution < -0.4 is 21.3 Å². The Morgan fingerprint density at radius 1 is 1.07 bits per heavy atom. The molecule has 0 atom stereocenters. The normalized spacial score (nSPS) is 10.5. The van der Waals surface area contributed by atoms with E-state index in [9.17, 15) is 14.0 Å². The number of aliphatic imine (C=N–C) groups is 1. The highest BCUT2D eigenvalue weighted by Gasteiger charge is 2.06. The number of benzene rings is 2. The largest absolute Gasteiger partial charge is 0.356 e. The number of halogens is 2. The number of anilines is 1. The van der Waals surface area contributed by atoms with E-state index in [1.54, 1.807) is 20.2 Å². The minimum absolute atomic E-state index is 0. The number of hydrogen-bond donors (Lipinski definition) is 4. The molecule has 0 aliphatic rings. The number of carbonyl (C=O) groups excluding carboxylic acids is 2. The van der Waals surface area contributed by atoms with Crippen molar-refractivity contribution in [3.63, 3.8) is 0 Å². The molecule has 2 aromatic carbocycles. The summed E-state index contributed by atoms with van der Waals surface area (Å²) < 4.78 is 12.9. The maximum Gasteiger partial charge on any atom is 0.251 e. The third kappa shape index (κ3) is 8.46. The summed E-state index contributed by atoms with van der Waals surface area (Å²) in [4.78, 5) is 27.7. The highest BCUT2D eigenvalue weighted by atomic mass is 127. The number of nitrogens with one attached hydrogen (secondary N) is 4. The molecule has 0 bridgehead atoms. The standard InChI is InChI=1S/C20H24FN5O2.HI/c1-22-19(28)15-5-3-4-14(12-15)10-11-24-20(23-2)25-13-18(27)26-17-8-6-16(21)7-9-17;/h3-9,12H,10-11,13H2,1-2H3,(H,22,28)(H,26,27)(H2,23,24,25);1H. The molecule has 0 aromatic heterocycles. The van der Waals surface area contributed by atoms with Gasteiger partial charge in [-0.15, -0.1) is 24.0 Å². The summed E-state index contributed by atoms with van der Waals surface area (Å²) >= 11 is 0. The summed E-state index contributed by atoms with van der Waals surface area (Å²) in [5.74, 6) is -0.273. The van der Waals surface area contributed by atoms with Crippen molar-refractivity contribution in [2.75, 3.05) is 32.5 Å². The Balaban J connectivity index is 0.00000420. The number of amides is 2. The van der Waals surface area contributed by atoms with Crippen LogP contribution in [0.4, 0.5) is 10.1 Å². The van der Waals surface area contributed by atoms with Crippen LogP contribution >= 0.6 is 24.0 Å². The minimum atomic E-state index is -0.360. The minimum Gasteiger partial charge on any atom is -0.356 e. The zero-order valence-corrected chi connectivity index (χ0v) is 18.6. The van der Waals surface area contributed by atoms with Crippen molar-refractivity contribution in [1.29, 1.82) is 0 Å². The number of hydrogen-bond acceptors (Lipinski definition) is 3. The van der Waals surface area contributed by atoms with Crippen LogP contribution in [-0.4, -0.2) is 45.0 Å². The molecule has 0 aliphatic heterocycles. The first-order chi connectivity index (χ1) is 13.5. The molecular weight excluding hydrogens is 488 g/mol. The summed E-state index contributed by atoms with van der Waals surface area (Å²) in [7, 11) is 3.21. The molecule has 29 heavy (non-hydrogen) atoms. The molecule has 2 amide bonds. The van der Waals surface area contributed by atoms with E-state index >= 15 is 0 Å². The second-order valence-electron chi connectivity index (χ2n) is 5.94. The molecule has 7 nitrogen and oxygen atoms in total. The van der Waals surface area contributed by atoms with Crippen molar-refractivity contribution in [2.45, 2.75) is 6.42 Å². The Hall–Kier alpha value is -2.69. The predicted molar refractivity (Wildman–Crippen MR) is 123 cm³/mol. The third-order valence-electron chi connectivity index (χ3n) is 3.89. The van der Waals surface area contributed by atoms with Gasteiger partial charge in [-0.05, 0) is 48.4 Å². The van der Waals surface area contributed by atoms with Crippen LogP contribution in [0.2, 0.25) is 0 Å². The monoisotopic (exact) mass is 513 g/mol. The SMILES string of the molecule is CN=C(NCCc1cccc(C(=O)NC)c1)NCC(=O)Nc1ccc(F)cc1.I. The van der Waals surface area contributed by atoms with Crippen LogP contribution in [0.1, 0.15) is 15.9 Å². The molecule has 0 saturated heterocycles. The van der Waals surface area contributed by atoms with Gasteiger partial charge in [0, 0.05) is 31.9 Å². The molecule has 4 N–H and O–H groups in total. The van der Waals surface area contributed by atoms with Crippen LogP contribution in [0.3, 0.4) is 0 Å². The first kappa shape index (κ1) is 24.3. The van der Waals surface area contributed by atoms with Gasteiger partial charge in [-0.1, -0.05) is 12.1 Å². The smallest absolute Gasteiger partial charge is 0.251 e. The second-order valence-corrected chi connectivity index (χ2v) is 5.94. The van der Waals surface area contributed by atoms with Gasteiger partial charge in [0.15, 0.2) is 5.96 Å². The maximum atomic E-state index is 12.9. The molecule has 9 heteroatoms. The molecule has 0 heterocycles. The lowest BCUT2D eigenvalue weighted by Gasteiger charge is -2.12. The van der Waals surface area contributed by atoms with Gasteiger partial charge < -0.3 is 21.3 Å². The van der Waals surface area contributed by atoms with E-state index in [0.717, 1.165) is 5.56 Å².